The van der Waals surface area contributed by atoms with Crippen LogP contribution in [0.2, 0.25) is 0 Å². The van der Waals surface area contributed by atoms with Crippen molar-refractivity contribution < 1.29 is 19.1 Å². The lowest BCUT2D eigenvalue weighted by molar-refractivity contribution is -0.137. The molecule has 0 unspecified atom stereocenters. The van der Waals surface area contributed by atoms with Gasteiger partial charge < -0.3 is 19.7 Å². The summed E-state index contributed by atoms with van der Waals surface area (Å²) in [6.45, 7) is 6.49. The first-order valence-electron chi connectivity index (χ1n) is 12.0. The molecular formula is C27H33N3O4. The first-order chi connectivity index (χ1) is 16.5. The predicted octanol–water partition coefficient (Wildman–Crippen LogP) is 4.30. The van der Waals surface area contributed by atoms with E-state index in [-0.39, 0.29) is 30.2 Å². The topological polar surface area (TPSA) is 71.1 Å². The van der Waals surface area contributed by atoms with E-state index in [0.29, 0.717) is 23.5 Å². The van der Waals surface area contributed by atoms with Crippen LogP contribution in [0.4, 0.5) is 11.4 Å². The van der Waals surface area contributed by atoms with Crippen LogP contribution in [0.1, 0.15) is 38.7 Å². The number of methoxy groups -OCH3 is 1. The van der Waals surface area contributed by atoms with Crippen LogP contribution in [0.3, 0.4) is 0 Å². The predicted molar refractivity (Wildman–Crippen MR) is 134 cm³/mol. The van der Waals surface area contributed by atoms with E-state index in [1.807, 2.05) is 26.0 Å². The molecule has 0 atom stereocenters. The number of carbonyl (C=O) groups excluding carboxylic acids is 2. The van der Waals surface area contributed by atoms with Gasteiger partial charge >= 0.3 is 0 Å². The number of nitrogens with zero attached hydrogens (tertiary/aromatic N) is 2. The Balaban J connectivity index is 1.60. The van der Waals surface area contributed by atoms with E-state index in [4.69, 9.17) is 9.47 Å². The van der Waals surface area contributed by atoms with Crippen molar-refractivity contribution in [3.63, 3.8) is 0 Å². The highest BCUT2D eigenvalue weighted by Gasteiger charge is 2.39. The third kappa shape index (κ3) is 5.25. The minimum absolute atomic E-state index is 0.0258. The number of benzene rings is 2. The molecule has 0 saturated carbocycles. The van der Waals surface area contributed by atoms with Crippen molar-refractivity contribution in [3.8, 4) is 5.75 Å². The van der Waals surface area contributed by atoms with E-state index in [1.54, 1.807) is 31.4 Å². The number of nitrogens with one attached hydrogen (secondary N) is 1. The third-order valence-electron chi connectivity index (χ3n) is 6.17. The van der Waals surface area contributed by atoms with E-state index >= 15 is 0 Å². The highest BCUT2D eigenvalue weighted by Crippen LogP contribution is 2.32. The lowest BCUT2D eigenvalue weighted by Gasteiger charge is -2.28. The smallest absolute Gasteiger partial charge is 0.278 e. The highest BCUT2D eigenvalue weighted by molar-refractivity contribution is 6.36. The quantitative estimate of drug-likeness (QED) is 0.559. The van der Waals surface area contributed by atoms with Gasteiger partial charge in [0.1, 0.15) is 11.4 Å². The lowest BCUT2D eigenvalue weighted by atomic mass is 10.0. The second kappa shape index (κ2) is 10.7. The molecule has 2 aliphatic rings. The molecule has 2 amide bonds. The number of anilines is 2. The Morgan fingerprint density at radius 2 is 1.59 bits per heavy atom. The standard InChI is InChI=1S/C27H33N3O4/c1-19(2)34-18-17-30-26(31)24(20-7-13-23(33-3)14-8-20)25(27(30)32)28-21-9-11-22(12-10-21)29-15-5-4-6-16-29/h7-14,19,28H,4-6,15-18H2,1-3H3. The average Bonchev–Trinajstić information content (AvgIpc) is 3.09. The van der Waals surface area contributed by atoms with Crippen molar-refractivity contribution in [1.82, 2.24) is 4.90 Å². The summed E-state index contributed by atoms with van der Waals surface area (Å²) in [5.41, 5.74) is 3.25. The van der Waals surface area contributed by atoms with E-state index < -0.39 is 0 Å². The van der Waals surface area contributed by atoms with Gasteiger partial charge in [-0.2, -0.15) is 0 Å². The van der Waals surface area contributed by atoms with E-state index in [1.165, 1.54) is 29.8 Å². The molecule has 2 heterocycles. The highest BCUT2D eigenvalue weighted by atomic mass is 16.5. The van der Waals surface area contributed by atoms with E-state index in [9.17, 15) is 9.59 Å². The molecule has 0 aromatic heterocycles. The van der Waals surface area contributed by atoms with Crippen molar-refractivity contribution in [3.05, 3.63) is 59.8 Å². The van der Waals surface area contributed by atoms with Gasteiger partial charge in [-0.1, -0.05) is 12.1 Å². The fourth-order valence-corrected chi connectivity index (χ4v) is 4.35. The SMILES string of the molecule is COc1ccc(C2=C(Nc3ccc(N4CCCCC4)cc3)C(=O)N(CCOC(C)C)C2=O)cc1. The monoisotopic (exact) mass is 463 g/mol. The first-order valence-corrected chi connectivity index (χ1v) is 12.0. The summed E-state index contributed by atoms with van der Waals surface area (Å²) in [5, 5.41) is 3.23. The number of imide groups is 1. The molecule has 1 fully saturated rings. The summed E-state index contributed by atoms with van der Waals surface area (Å²) in [5.74, 6) is 0.0179. The second-order valence-corrected chi connectivity index (χ2v) is 8.88. The van der Waals surface area contributed by atoms with Crippen molar-refractivity contribution in [2.24, 2.45) is 0 Å². The Bertz CT molecular complexity index is 1040. The van der Waals surface area contributed by atoms with Gasteiger partial charge in [0.2, 0.25) is 0 Å². The molecule has 0 aliphatic carbocycles. The van der Waals surface area contributed by atoms with Crippen LogP contribution < -0.4 is 15.0 Å². The summed E-state index contributed by atoms with van der Waals surface area (Å²) >= 11 is 0. The van der Waals surface area contributed by atoms with E-state index in [2.05, 4.69) is 22.3 Å². The van der Waals surface area contributed by atoms with Crippen LogP contribution in [-0.4, -0.2) is 56.2 Å². The fourth-order valence-electron chi connectivity index (χ4n) is 4.35. The van der Waals surface area contributed by atoms with E-state index in [0.717, 1.165) is 18.8 Å². The molecule has 34 heavy (non-hydrogen) atoms. The van der Waals surface area contributed by atoms with Gasteiger partial charge in [-0.25, -0.2) is 0 Å². The van der Waals surface area contributed by atoms with Crippen molar-refractivity contribution >= 4 is 28.8 Å². The summed E-state index contributed by atoms with van der Waals surface area (Å²) in [6.07, 6.45) is 3.74. The van der Waals surface area contributed by atoms with Gasteiger partial charge in [-0.05, 0) is 75.1 Å². The van der Waals surface area contributed by atoms with Gasteiger partial charge in [-0.15, -0.1) is 0 Å². The molecule has 4 rings (SSSR count). The molecular weight excluding hydrogens is 430 g/mol. The van der Waals surface area contributed by atoms with Crippen LogP contribution in [0, 0.1) is 0 Å². The average molecular weight is 464 g/mol. The lowest BCUT2D eigenvalue weighted by Crippen LogP contribution is -2.35. The zero-order chi connectivity index (χ0) is 24.1. The zero-order valence-electron chi connectivity index (χ0n) is 20.2. The Labute approximate surface area is 201 Å². The number of piperidine rings is 1. The van der Waals surface area contributed by atoms with Gasteiger partial charge in [-0.3, -0.25) is 14.5 Å². The number of rotatable bonds is 9. The molecule has 0 radical (unpaired) electrons. The summed E-state index contributed by atoms with van der Waals surface area (Å²) in [4.78, 5) is 30.3. The Kier molecular flexibility index (Phi) is 7.53. The van der Waals surface area contributed by atoms with Crippen LogP contribution in [0.15, 0.2) is 54.2 Å². The summed E-state index contributed by atoms with van der Waals surface area (Å²) in [7, 11) is 1.59. The maximum Gasteiger partial charge on any atom is 0.278 e. The molecule has 0 spiro atoms. The summed E-state index contributed by atoms with van der Waals surface area (Å²) in [6, 6.07) is 15.2. The minimum atomic E-state index is -0.344. The molecule has 1 saturated heterocycles. The first kappa shape index (κ1) is 23.8. The summed E-state index contributed by atoms with van der Waals surface area (Å²) < 4.78 is 10.8. The molecule has 180 valence electrons. The normalized spacial score (nSPS) is 16.6. The number of carbonyl (C=O) groups is 2. The molecule has 7 heteroatoms. The van der Waals surface area contributed by atoms with Crippen molar-refractivity contribution in [2.45, 2.75) is 39.2 Å². The maximum absolute atomic E-state index is 13.3. The Hall–Kier alpha value is -3.32. The molecule has 1 N–H and O–H groups in total. The van der Waals surface area contributed by atoms with Gasteiger partial charge in [0.25, 0.3) is 11.8 Å². The molecule has 0 bridgehead atoms. The Morgan fingerprint density at radius 1 is 0.912 bits per heavy atom. The molecule has 2 aromatic carbocycles. The number of amides is 2. The fraction of sp³-hybridized carbons (Fsp3) is 0.407. The van der Waals surface area contributed by atoms with Gasteiger partial charge in [0.15, 0.2) is 0 Å². The van der Waals surface area contributed by atoms with Crippen LogP contribution >= 0.6 is 0 Å². The van der Waals surface area contributed by atoms with Gasteiger partial charge in [0.05, 0.1) is 31.9 Å². The van der Waals surface area contributed by atoms with Gasteiger partial charge in [0, 0.05) is 24.5 Å². The van der Waals surface area contributed by atoms with Crippen LogP contribution in [-0.2, 0) is 14.3 Å². The number of ether oxygens (including phenoxy) is 2. The van der Waals surface area contributed by atoms with Crippen LogP contribution in [0.5, 0.6) is 5.75 Å². The van der Waals surface area contributed by atoms with Crippen LogP contribution in [0.25, 0.3) is 5.57 Å². The molecule has 2 aliphatic heterocycles. The number of hydrogen-bond donors (Lipinski definition) is 1. The largest absolute Gasteiger partial charge is 0.497 e. The zero-order valence-corrected chi connectivity index (χ0v) is 20.2. The molecule has 2 aromatic rings. The maximum atomic E-state index is 13.3. The third-order valence-corrected chi connectivity index (χ3v) is 6.17. The Morgan fingerprint density at radius 3 is 2.21 bits per heavy atom. The van der Waals surface area contributed by atoms with Crippen molar-refractivity contribution in [2.75, 3.05) is 43.6 Å². The molecule has 7 nitrogen and oxygen atoms in total. The second-order valence-electron chi connectivity index (χ2n) is 8.88. The van der Waals surface area contributed by atoms with Crippen molar-refractivity contribution in [1.29, 1.82) is 0 Å². The number of hydrogen-bond acceptors (Lipinski definition) is 6. The minimum Gasteiger partial charge on any atom is -0.497 e.